The number of amides is 1. The Morgan fingerprint density at radius 3 is 2.72 bits per heavy atom. The third-order valence-corrected chi connectivity index (χ3v) is 5.03. The molecule has 7 heteroatoms. The maximum absolute atomic E-state index is 12.9. The first-order valence-corrected chi connectivity index (χ1v) is 7.81. The van der Waals surface area contributed by atoms with Crippen molar-refractivity contribution in [2.75, 3.05) is 26.2 Å². The van der Waals surface area contributed by atoms with E-state index in [2.05, 4.69) is 11.8 Å². The Morgan fingerprint density at radius 2 is 2.17 bits per heavy atom. The first-order chi connectivity index (χ1) is 8.41. The molecule has 2 aliphatic heterocycles. The van der Waals surface area contributed by atoms with Crippen molar-refractivity contribution in [1.82, 2.24) is 9.80 Å². The van der Waals surface area contributed by atoms with Crippen molar-refractivity contribution in [3.8, 4) is 0 Å². The van der Waals surface area contributed by atoms with E-state index >= 15 is 0 Å². The van der Waals surface area contributed by atoms with Crippen molar-refractivity contribution in [2.24, 2.45) is 0 Å². The Kier molecular flexibility index (Phi) is 3.91. The zero-order valence-corrected chi connectivity index (χ0v) is 11.3. The second-order valence-corrected chi connectivity index (χ2v) is 6.64. The summed E-state index contributed by atoms with van der Waals surface area (Å²) in [5.41, 5.74) is 0. The predicted octanol–water partition coefficient (Wildman–Crippen LogP) is 0.371. The van der Waals surface area contributed by atoms with Crippen LogP contribution in [0.4, 0.5) is 3.89 Å². The van der Waals surface area contributed by atoms with Gasteiger partial charge in [0.25, 0.3) is 0 Å². The maximum Gasteiger partial charge on any atom is 0.307 e. The van der Waals surface area contributed by atoms with Crippen LogP contribution >= 0.6 is 0 Å². The van der Waals surface area contributed by atoms with Crippen molar-refractivity contribution in [3.63, 3.8) is 0 Å². The predicted molar refractivity (Wildman–Crippen MR) is 65.3 cm³/mol. The Balaban J connectivity index is 1.96. The standard InChI is InChI=1S/C11H19FN2O3S/c1-2-13-5-3-4-9(13)7-14-8-10(6-11(14)15)18(12,16)17/h9-10H,2-8H2,1H3. The van der Waals surface area contributed by atoms with Crippen molar-refractivity contribution in [3.05, 3.63) is 0 Å². The molecule has 5 nitrogen and oxygen atoms in total. The van der Waals surface area contributed by atoms with Gasteiger partial charge in [0, 0.05) is 25.6 Å². The average molecular weight is 278 g/mol. The molecule has 0 spiro atoms. The number of carbonyl (C=O) groups excluding carboxylic acids is 1. The summed E-state index contributed by atoms with van der Waals surface area (Å²) in [5, 5.41) is -1.17. The highest BCUT2D eigenvalue weighted by Crippen LogP contribution is 2.23. The second-order valence-electron chi connectivity index (χ2n) is 5.03. The largest absolute Gasteiger partial charge is 0.340 e. The summed E-state index contributed by atoms with van der Waals surface area (Å²) >= 11 is 0. The van der Waals surface area contributed by atoms with Gasteiger partial charge in [-0.3, -0.25) is 9.69 Å². The maximum atomic E-state index is 12.9. The Hall–Kier alpha value is -0.690. The monoisotopic (exact) mass is 278 g/mol. The van der Waals surface area contributed by atoms with Crippen LogP contribution < -0.4 is 0 Å². The van der Waals surface area contributed by atoms with E-state index in [1.165, 1.54) is 4.90 Å². The van der Waals surface area contributed by atoms with Crippen LogP contribution in [0.25, 0.3) is 0 Å². The molecule has 1 amide bonds. The zero-order chi connectivity index (χ0) is 13.3. The van der Waals surface area contributed by atoms with E-state index in [9.17, 15) is 17.1 Å². The molecule has 0 radical (unpaired) electrons. The molecular formula is C11H19FN2O3S. The van der Waals surface area contributed by atoms with Gasteiger partial charge in [-0.2, -0.15) is 8.42 Å². The number of hydrogen-bond acceptors (Lipinski definition) is 4. The van der Waals surface area contributed by atoms with Gasteiger partial charge in [-0.15, -0.1) is 3.89 Å². The van der Waals surface area contributed by atoms with Crippen LogP contribution in [0.15, 0.2) is 0 Å². The van der Waals surface area contributed by atoms with Crippen LogP contribution in [0.5, 0.6) is 0 Å². The third kappa shape index (κ3) is 2.83. The van der Waals surface area contributed by atoms with E-state index in [-0.39, 0.29) is 18.9 Å². The molecule has 2 rings (SSSR count). The van der Waals surface area contributed by atoms with Crippen LogP contribution in [-0.2, 0) is 15.0 Å². The highest BCUT2D eigenvalue weighted by molar-refractivity contribution is 7.87. The quantitative estimate of drug-likeness (QED) is 0.697. The fraction of sp³-hybridized carbons (Fsp3) is 0.909. The molecule has 0 N–H and O–H groups in total. The van der Waals surface area contributed by atoms with Gasteiger partial charge < -0.3 is 4.90 Å². The van der Waals surface area contributed by atoms with Gasteiger partial charge in [-0.1, -0.05) is 6.92 Å². The summed E-state index contributed by atoms with van der Waals surface area (Å²) in [5.74, 6) is -0.246. The van der Waals surface area contributed by atoms with Crippen LogP contribution in [0.2, 0.25) is 0 Å². The summed E-state index contributed by atoms with van der Waals surface area (Å²) in [4.78, 5) is 15.5. The van der Waals surface area contributed by atoms with E-state index < -0.39 is 15.5 Å². The van der Waals surface area contributed by atoms with Crippen molar-refractivity contribution < 1.29 is 17.1 Å². The molecule has 0 aromatic carbocycles. The number of carbonyl (C=O) groups is 1. The van der Waals surface area contributed by atoms with Gasteiger partial charge >= 0.3 is 10.2 Å². The number of likely N-dealkylation sites (tertiary alicyclic amines) is 2. The minimum Gasteiger partial charge on any atom is -0.340 e. The van der Waals surface area contributed by atoms with Crippen LogP contribution in [0, 0.1) is 0 Å². The molecule has 2 atom stereocenters. The molecule has 2 fully saturated rings. The molecule has 2 saturated heterocycles. The highest BCUT2D eigenvalue weighted by Gasteiger charge is 2.39. The van der Waals surface area contributed by atoms with Gasteiger partial charge in [0.2, 0.25) is 5.91 Å². The van der Waals surface area contributed by atoms with Crippen LogP contribution in [0.3, 0.4) is 0 Å². The molecular weight excluding hydrogens is 259 g/mol. The highest BCUT2D eigenvalue weighted by atomic mass is 32.3. The third-order valence-electron chi connectivity index (χ3n) is 3.91. The molecule has 0 aromatic heterocycles. The molecule has 0 saturated carbocycles. The summed E-state index contributed by atoms with van der Waals surface area (Å²) in [6.45, 7) is 4.55. The van der Waals surface area contributed by atoms with Crippen molar-refractivity contribution in [2.45, 2.75) is 37.5 Å². The van der Waals surface area contributed by atoms with E-state index in [0.29, 0.717) is 12.6 Å². The SMILES string of the molecule is CCN1CCCC1CN1CC(S(=O)(=O)F)CC1=O. The lowest BCUT2D eigenvalue weighted by molar-refractivity contribution is -0.128. The Labute approximate surface area is 107 Å². The zero-order valence-electron chi connectivity index (χ0n) is 10.5. The summed E-state index contributed by atoms with van der Waals surface area (Å²) in [7, 11) is -4.60. The fourth-order valence-corrected chi connectivity index (χ4v) is 3.57. The van der Waals surface area contributed by atoms with Gasteiger partial charge in [0.1, 0.15) is 5.25 Å². The lowest BCUT2D eigenvalue weighted by Crippen LogP contribution is -2.41. The molecule has 18 heavy (non-hydrogen) atoms. The van der Waals surface area contributed by atoms with Crippen molar-refractivity contribution >= 4 is 16.1 Å². The summed E-state index contributed by atoms with van der Waals surface area (Å²) in [6.07, 6.45) is 1.91. The molecule has 2 aliphatic rings. The topological polar surface area (TPSA) is 57.7 Å². The lowest BCUT2D eigenvalue weighted by Gasteiger charge is -2.27. The first kappa shape index (κ1) is 13.7. The number of rotatable bonds is 4. The minimum absolute atomic E-state index is 0.00568. The van der Waals surface area contributed by atoms with Gasteiger partial charge in [0.15, 0.2) is 0 Å². The van der Waals surface area contributed by atoms with E-state index in [0.717, 1.165) is 25.9 Å². The lowest BCUT2D eigenvalue weighted by atomic mass is 10.2. The number of nitrogens with zero attached hydrogens (tertiary/aromatic N) is 2. The molecule has 2 heterocycles. The van der Waals surface area contributed by atoms with Crippen LogP contribution in [0.1, 0.15) is 26.2 Å². The smallest absolute Gasteiger partial charge is 0.307 e. The van der Waals surface area contributed by atoms with Gasteiger partial charge in [0.05, 0.1) is 0 Å². The first-order valence-electron chi connectivity index (χ1n) is 6.37. The molecule has 0 bridgehead atoms. The molecule has 104 valence electrons. The second kappa shape index (κ2) is 5.13. The number of halogens is 1. The summed E-state index contributed by atoms with van der Waals surface area (Å²) in [6, 6.07) is 0.292. The normalized spacial score (nSPS) is 30.3. The fourth-order valence-electron chi connectivity index (χ4n) is 2.87. The Bertz CT molecular complexity index is 426. The van der Waals surface area contributed by atoms with E-state index in [1.54, 1.807) is 0 Å². The van der Waals surface area contributed by atoms with Crippen molar-refractivity contribution in [1.29, 1.82) is 0 Å². The average Bonchev–Trinajstić information content (AvgIpc) is 2.86. The van der Waals surface area contributed by atoms with E-state index in [4.69, 9.17) is 0 Å². The molecule has 0 aromatic rings. The van der Waals surface area contributed by atoms with Crippen LogP contribution in [-0.4, -0.2) is 61.6 Å². The number of hydrogen-bond donors (Lipinski definition) is 0. The Morgan fingerprint density at radius 1 is 1.44 bits per heavy atom. The molecule has 0 aliphatic carbocycles. The van der Waals surface area contributed by atoms with Gasteiger partial charge in [-0.05, 0) is 25.9 Å². The minimum atomic E-state index is -4.60. The van der Waals surface area contributed by atoms with Gasteiger partial charge in [-0.25, -0.2) is 0 Å². The number of likely N-dealkylation sites (N-methyl/N-ethyl adjacent to an activating group) is 1. The van der Waals surface area contributed by atoms with E-state index in [1.807, 2.05) is 0 Å². The summed E-state index contributed by atoms with van der Waals surface area (Å²) < 4.78 is 34.5. The molecule has 2 unspecified atom stereocenters.